The Labute approximate surface area is 97.5 Å². The lowest BCUT2D eigenvalue weighted by molar-refractivity contribution is 0.0123. The zero-order valence-corrected chi connectivity index (χ0v) is 9.32. The predicted octanol–water partition coefficient (Wildman–Crippen LogP) is 0.692. The monoisotopic (exact) mass is 234 g/mol. The highest BCUT2D eigenvalue weighted by Crippen LogP contribution is 2.29. The molecule has 0 spiro atoms. The summed E-state index contributed by atoms with van der Waals surface area (Å²) in [6.45, 7) is 1.47. The zero-order valence-electron chi connectivity index (χ0n) is 9.32. The summed E-state index contributed by atoms with van der Waals surface area (Å²) in [4.78, 5) is 13.6. The van der Waals surface area contributed by atoms with Crippen molar-refractivity contribution in [3.63, 3.8) is 0 Å². The number of aromatic nitrogens is 1. The molecule has 3 N–H and O–H groups in total. The van der Waals surface area contributed by atoms with Crippen LogP contribution in [0.4, 0.5) is 0 Å². The van der Waals surface area contributed by atoms with E-state index in [4.69, 9.17) is 4.42 Å². The lowest BCUT2D eigenvalue weighted by Crippen LogP contribution is -2.43. The molecule has 0 saturated carbocycles. The van der Waals surface area contributed by atoms with Gasteiger partial charge in [0.15, 0.2) is 5.58 Å². The lowest BCUT2D eigenvalue weighted by Gasteiger charge is -2.33. The fourth-order valence-electron chi connectivity index (χ4n) is 2.37. The number of β-amino-alcohol motifs (C(OH)–C–C–N with tert-alkyl or cyclic N) is 1. The molecule has 90 valence electrons. The number of benzene rings is 1. The average Bonchev–Trinajstić information content (AvgIpc) is 2.69. The van der Waals surface area contributed by atoms with Crippen LogP contribution in [0.25, 0.3) is 11.1 Å². The van der Waals surface area contributed by atoms with Crippen LogP contribution in [-0.2, 0) is 5.60 Å². The first-order valence-electron chi connectivity index (χ1n) is 5.74. The number of fused-ring (bicyclic) bond motifs is 1. The van der Waals surface area contributed by atoms with Crippen molar-refractivity contribution in [1.29, 1.82) is 0 Å². The number of nitrogens with one attached hydrogen (secondary N) is 2. The third kappa shape index (κ3) is 1.77. The van der Waals surface area contributed by atoms with Gasteiger partial charge < -0.3 is 14.8 Å². The van der Waals surface area contributed by atoms with Gasteiger partial charge in [-0.15, -0.1) is 0 Å². The number of hydrogen-bond donors (Lipinski definition) is 3. The molecule has 1 fully saturated rings. The Kier molecular flexibility index (Phi) is 2.31. The van der Waals surface area contributed by atoms with Gasteiger partial charge >= 0.3 is 5.76 Å². The first kappa shape index (κ1) is 10.6. The molecule has 1 aromatic heterocycles. The van der Waals surface area contributed by atoms with Gasteiger partial charge in [-0.25, -0.2) is 4.79 Å². The Morgan fingerprint density at radius 2 is 2.29 bits per heavy atom. The number of hydrogen-bond acceptors (Lipinski definition) is 4. The number of oxazole rings is 1. The third-order valence-electron chi connectivity index (χ3n) is 3.32. The number of piperidine rings is 1. The van der Waals surface area contributed by atoms with Gasteiger partial charge in [0.05, 0.1) is 5.52 Å². The average molecular weight is 234 g/mol. The van der Waals surface area contributed by atoms with Crippen molar-refractivity contribution in [2.75, 3.05) is 13.1 Å². The molecule has 0 bridgehead atoms. The Balaban J connectivity index is 2.07. The summed E-state index contributed by atoms with van der Waals surface area (Å²) in [7, 11) is 0. The molecular formula is C12H14N2O3. The summed E-state index contributed by atoms with van der Waals surface area (Å²) in [6.07, 6.45) is 1.66. The quantitative estimate of drug-likeness (QED) is 0.678. The van der Waals surface area contributed by atoms with E-state index in [0.29, 0.717) is 17.6 Å². The number of rotatable bonds is 1. The first-order chi connectivity index (χ1) is 8.17. The van der Waals surface area contributed by atoms with Crippen molar-refractivity contribution >= 4 is 11.1 Å². The molecule has 1 aliphatic rings. The van der Waals surface area contributed by atoms with E-state index in [-0.39, 0.29) is 0 Å². The van der Waals surface area contributed by atoms with Crippen LogP contribution in [0.15, 0.2) is 27.4 Å². The van der Waals surface area contributed by atoms with Crippen LogP contribution in [-0.4, -0.2) is 23.2 Å². The van der Waals surface area contributed by atoms with Gasteiger partial charge in [0.1, 0.15) is 5.60 Å². The molecule has 1 aromatic carbocycles. The van der Waals surface area contributed by atoms with Gasteiger partial charge in [-0.05, 0) is 37.1 Å². The van der Waals surface area contributed by atoms with Gasteiger partial charge in [-0.2, -0.15) is 0 Å². The second kappa shape index (κ2) is 3.72. The molecule has 17 heavy (non-hydrogen) atoms. The zero-order chi connectivity index (χ0) is 11.9. The minimum atomic E-state index is -0.859. The van der Waals surface area contributed by atoms with E-state index in [1.54, 1.807) is 12.1 Å². The first-order valence-corrected chi connectivity index (χ1v) is 5.74. The van der Waals surface area contributed by atoms with Crippen LogP contribution in [0.5, 0.6) is 0 Å². The predicted molar refractivity (Wildman–Crippen MR) is 62.8 cm³/mol. The van der Waals surface area contributed by atoms with Crippen molar-refractivity contribution in [2.45, 2.75) is 18.4 Å². The van der Waals surface area contributed by atoms with E-state index in [0.717, 1.165) is 24.9 Å². The maximum Gasteiger partial charge on any atom is 0.417 e. The minimum Gasteiger partial charge on any atom is -0.408 e. The Morgan fingerprint density at radius 1 is 1.41 bits per heavy atom. The highest BCUT2D eigenvalue weighted by molar-refractivity contribution is 5.73. The Hall–Kier alpha value is -1.59. The van der Waals surface area contributed by atoms with Crippen molar-refractivity contribution in [1.82, 2.24) is 10.3 Å². The van der Waals surface area contributed by atoms with E-state index in [2.05, 4.69) is 10.3 Å². The molecule has 1 unspecified atom stereocenters. The summed E-state index contributed by atoms with van der Waals surface area (Å²) in [5.41, 5.74) is 1.08. The van der Waals surface area contributed by atoms with Gasteiger partial charge in [0, 0.05) is 6.54 Å². The summed E-state index contributed by atoms with van der Waals surface area (Å²) in [5.74, 6) is -0.467. The van der Waals surface area contributed by atoms with Crippen LogP contribution in [0.3, 0.4) is 0 Å². The summed E-state index contributed by atoms with van der Waals surface area (Å²) in [5, 5.41) is 13.7. The van der Waals surface area contributed by atoms with E-state index >= 15 is 0 Å². The van der Waals surface area contributed by atoms with Crippen LogP contribution in [0.1, 0.15) is 18.4 Å². The largest absolute Gasteiger partial charge is 0.417 e. The van der Waals surface area contributed by atoms with Crippen molar-refractivity contribution in [2.24, 2.45) is 0 Å². The molecule has 1 aliphatic heterocycles. The molecular weight excluding hydrogens is 220 g/mol. The van der Waals surface area contributed by atoms with Crippen molar-refractivity contribution in [3.8, 4) is 0 Å². The third-order valence-corrected chi connectivity index (χ3v) is 3.32. The molecule has 5 heteroatoms. The minimum absolute atomic E-state index is 0.467. The SMILES string of the molecule is O=c1[nH]c2ccc(C3(O)CCCNC3)cc2o1. The Bertz CT molecular complexity index is 593. The molecule has 3 rings (SSSR count). The molecule has 1 saturated heterocycles. The molecule has 2 aromatic rings. The highest BCUT2D eigenvalue weighted by Gasteiger charge is 2.31. The van der Waals surface area contributed by atoms with Crippen LogP contribution < -0.4 is 11.1 Å². The van der Waals surface area contributed by atoms with Gasteiger partial charge in [0.2, 0.25) is 0 Å². The fourth-order valence-corrected chi connectivity index (χ4v) is 2.37. The van der Waals surface area contributed by atoms with Crippen molar-refractivity contribution < 1.29 is 9.52 Å². The fraction of sp³-hybridized carbons (Fsp3) is 0.417. The van der Waals surface area contributed by atoms with Gasteiger partial charge in [0.25, 0.3) is 0 Å². The van der Waals surface area contributed by atoms with Crippen LogP contribution >= 0.6 is 0 Å². The van der Waals surface area contributed by atoms with E-state index in [1.165, 1.54) is 0 Å². The summed E-state index contributed by atoms with van der Waals surface area (Å²) in [6, 6.07) is 5.34. The normalized spacial score (nSPS) is 25.2. The molecule has 1 atom stereocenters. The molecule has 0 aliphatic carbocycles. The highest BCUT2D eigenvalue weighted by atomic mass is 16.4. The maximum absolute atomic E-state index is 11.1. The van der Waals surface area contributed by atoms with E-state index in [1.807, 2.05) is 6.07 Å². The maximum atomic E-state index is 11.1. The van der Waals surface area contributed by atoms with Gasteiger partial charge in [-0.1, -0.05) is 6.07 Å². The second-order valence-corrected chi connectivity index (χ2v) is 4.54. The van der Waals surface area contributed by atoms with E-state index < -0.39 is 11.4 Å². The standard InChI is InChI=1S/C12H14N2O3/c15-11-14-9-3-2-8(6-10(9)17-11)12(16)4-1-5-13-7-12/h2-3,6,13,16H,1,4-5,7H2,(H,14,15). The number of aromatic amines is 1. The van der Waals surface area contributed by atoms with Crippen molar-refractivity contribution in [3.05, 3.63) is 34.3 Å². The molecule has 0 amide bonds. The molecule has 5 nitrogen and oxygen atoms in total. The summed E-state index contributed by atoms with van der Waals surface area (Å²) >= 11 is 0. The molecule has 2 heterocycles. The lowest BCUT2D eigenvalue weighted by atomic mass is 9.86. The Morgan fingerprint density at radius 3 is 3.06 bits per heavy atom. The van der Waals surface area contributed by atoms with E-state index in [9.17, 15) is 9.90 Å². The topological polar surface area (TPSA) is 78.3 Å². The number of H-pyrrole nitrogens is 1. The second-order valence-electron chi connectivity index (χ2n) is 4.54. The molecule has 0 radical (unpaired) electrons. The number of aliphatic hydroxyl groups is 1. The summed E-state index contributed by atoms with van der Waals surface area (Å²) < 4.78 is 5.00. The van der Waals surface area contributed by atoms with Crippen LogP contribution in [0, 0.1) is 0 Å². The van der Waals surface area contributed by atoms with Gasteiger partial charge in [-0.3, -0.25) is 4.98 Å². The smallest absolute Gasteiger partial charge is 0.408 e. The van der Waals surface area contributed by atoms with Crippen LogP contribution in [0.2, 0.25) is 0 Å².